The molecule has 1 aromatic heterocycles. The van der Waals surface area contributed by atoms with Gasteiger partial charge in [-0.05, 0) is 11.1 Å². The van der Waals surface area contributed by atoms with Crippen LogP contribution in [0.4, 0.5) is 5.82 Å². The van der Waals surface area contributed by atoms with Crippen molar-refractivity contribution in [1.29, 1.82) is 0 Å². The van der Waals surface area contributed by atoms with Gasteiger partial charge in [-0.3, -0.25) is 0 Å². The van der Waals surface area contributed by atoms with Crippen LogP contribution in [-0.2, 0) is 0 Å². The monoisotopic (exact) mass is 367 g/mol. The molecular weight excluding hydrogens is 346 g/mol. The average molecular weight is 367 g/mol. The predicted molar refractivity (Wildman–Crippen MR) is 114 cm³/mol. The number of aliphatic hydroxyl groups is 1. The summed E-state index contributed by atoms with van der Waals surface area (Å²) in [6.07, 6.45) is 0. The Morgan fingerprint density at radius 2 is 1.11 bits per heavy atom. The number of benzene rings is 3. The molecule has 3 aromatic carbocycles. The summed E-state index contributed by atoms with van der Waals surface area (Å²) in [4.78, 5) is 0. The summed E-state index contributed by atoms with van der Waals surface area (Å²) in [6, 6.07) is 30.5. The van der Waals surface area contributed by atoms with E-state index in [1.165, 1.54) is 0 Å². The Labute approximate surface area is 164 Å². The molecule has 0 unspecified atom stereocenters. The Kier molecular flexibility index (Phi) is 5.41. The van der Waals surface area contributed by atoms with Gasteiger partial charge in [0.15, 0.2) is 5.82 Å². The average Bonchev–Trinajstić information content (AvgIpc) is 2.79. The first kappa shape index (κ1) is 17.9. The minimum absolute atomic E-state index is 0.0248. The van der Waals surface area contributed by atoms with Crippen LogP contribution in [0.2, 0.25) is 0 Å². The topological polar surface area (TPSA) is 58.0 Å². The molecule has 0 fully saturated rings. The van der Waals surface area contributed by atoms with Crippen LogP contribution in [0.5, 0.6) is 0 Å². The predicted octanol–water partition coefficient (Wildman–Crippen LogP) is 4.88. The molecule has 4 nitrogen and oxygen atoms in total. The highest BCUT2D eigenvalue weighted by Crippen LogP contribution is 2.41. The quantitative estimate of drug-likeness (QED) is 0.510. The first-order chi connectivity index (χ1) is 13.9. The van der Waals surface area contributed by atoms with E-state index >= 15 is 0 Å². The lowest BCUT2D eigenvalue weighted by Gasteiger charge is -2.18. The number of aromatic nitrogens is 2. The van der Waals surface area contributed by atoms with Crippen molar-refractivity contribution < 1.29 is 5.11 Å². The summed E-state index contributed by atoms with van der Waals surface area (Å²) < 4.78 is 0. The largest absolute Gasteiger partial charge is 0.395 e. The molecule has 2 N–H and O–H groups in total. The van der Waals surface area contributed by atoms with Crippen LogP contribution >= 0.6 is 0 Å². The van der Waals surface area contributed by atoms with Gasteiger partial charge in [0.2, 0.25) is 0 Å². The number of nitrogens with one attached hydrogen (secondary N) is 1. The van der Waals surface area contributed by atoms with Crippen LogP contribution in [0.15, 0.2) is 91.0 Å². The summed E-state index contributed by atoms with van der Waals surface area (Å²) >= 11 is 0. The van der Waals surface area contributed by atoms with Crippen molar-refractivity contribution in [3.63, 3.8) is 0 Å². The van der Waals surface area contributed by atoms with Gasteiger partial charge in [0.25, 0.3) is 0 Å². The SMILES string of the molecule is OCCNc1nnc(-c2ccccc2)c(-c2ccccc2)c1-c1ccccc1. The first-order valence-electron chi connectivity index (χ1n) is 9.30. The van der Waals surface area contributed by atoms with Gasteiger partial charge in [-0.15, -0.1) is 10.2 Å². The molecule has 0 atom stereocenters. The van der Waals surface area contributed by atoms with Crippen LogP contribution in [0.1, 0.15) is 0 Å². The molecular formula is C24H21N3O. The lowest BCUT2D eigenvalue weighted by Crippen LogP contribution is -2.10. The molecule has 0 saturated heterocycles. The first-order valence-corrected chi connectivity index (χ1v) is 9.30. The summed E-state index contributed by atoms with van der Waals surface area (Å²) in [6.45, 7) is 0.435. The van der Waals surface area contributed by atoms with E-state index in [-0.39, 0.29) is 6.61 Å². The van der Waals surface area contributed by atoms with Crippen molar-refractivity contribution in [2.45, 2.75) is 0 Å². The number of rotatable bonds is 6. The van der Waals surface area contributed by atoms with E-state index in [2.05, 4.69) is 39.8 Å². The zero-order valence-corrected chi connectivity index (χ0v) is 15.4. The van der Waals surface area contributed by atoms with Gasteiger partial charge < -0.3 is 10.4 Å². The molecule has 0 aliphatic carbocycles. The van der Waals surface area contributed by atoms with E-state index in [1.54, 1.807) is 0 Å². The fraction of sp³-hybridized carbons (Fsp3) is 0.0833. The molecule has 0 bridgehead atoms. The normalized spacial score (nSPS) is 10.6. The third kappa shape index (κ3) is 3.63. The van der Waals surface area contributed by atoms with Crippen molar-refractivity contribution in [2.24, 2.45) is 0 Å². The minimum atomic E-state index is 0.0248. The maximum Gasteiger partial charge on any atom is 0.157 e. The Balaban J connectivity index is 2.04. The molecule has 0 aliphatic rings. The molecule has 4 rings (SSSR count). The van der Waals surface area contributed by atoms with Gasteiger partial charge in [0.05, 0.1) is 6.61 Å². The zero-order chi connectivity index (χ0) is 19.2. The van der Waals surface area contributed by atoms with Crippen LogP contribution in [0.25, 0.3) is 33.5 Å². The molecule has 138 valence electrons. The third-order valence-corrected chi connectivity index (χ3v) is 4.55. The summed E-state index contributed by atoms with van der Waals surface area (Å²) in [5.41, 5.74) is 5.97. The standard InChI is InChI=1S/C24H21N3O/c28-17-16-25-24-22(19-12-6-2-7-13-19)21(18-10-4-1-5-11-18)23(26-27-24)20-14-8-3-9-15-20/h1-15,28H,16-17H2,(H,25,27). The van der Waals surface area contributed by atoms with Crippen molar-refractivity contribution in [1.82, 2.24) is 10.2 Å². The second-order valence-electron chi connectivity index (χ2n) is 6.40. The summed E-state index contributed by atoms with van der Waals surface area (Å²) in [5, 5.41) is 21.6. The molecule has 0 aliphatic heterocycles. The number of anilines is 1. The number of nitrogens with zero attached hydrogens (tertiary/aromatic N) is 2. The van der Waals surface area contributed by atoms with E-state index < -0.39 is 0 Å². The van der Waals surface area contributed by atoms with E-state index in [0.717, 1.165) is 33.5 Å². The Morgan fingerprint density at radius 3 is 1.64 bits per heavy atom. The number of hydrogen-bond donors (Lipinski definition) is 2. The molecule has 1 heterocycles. The van der Waals surface area contributed by atoms with Crippen molar-refractivity contribution >= 4 is 5.82 Å². The van der Waals surface area contributed by atoms with Crippen molar-refractivity contribution in [2.75, 3.05) is 18.5 Å². The fourth-order valence-corrected chi connectivity index (χ4v) is 3.30. The molecule has 0 spiro atoms. The highest BCUT2D eigenvalue weighted by Gasteiger charge is 2.20. The lowest BCUT2D eigenvalue weighted by molar-refractivity contribution is 0.311. The van der Waals surface area contributed by atoms with E-state index in [1.807, 2.05) is 66.7 Å². The zero-order valence-electron chi connectivity index (χ0n) is 15.4. The number of hydrogen-bond acceptors (Lipinski definition) is 4. The Hall–Kier alpha value is -3.50. The maximum atomic E-state index is 9.30. The van der Waals surface area contributed by atoms with Gasteiger partial charge in [-0.25, -0.2) is 0 Å². The van der Waals surface area contributed by atoms with Crippen LogP contribution < -0.4 is 5.32 Å². The van der Waals surface area contributed by atoms with Gasteiger partial charge >= 0.3 is 0 Å². The van der Waals surface area contributed by atoms with Crippen molar-refractivity contribution in [3.8, 4) is 33.5 Å². The van der Waals surface area contributed by atoms with E-state index in [4.69, 9.17) is 0 Å². The maximum absolute atomic E-state index is 9.30. The Bertz CT molecular complexity index is 1040. The second kappa shape index (κ2) is 8.46. The van der Waals surface area contributed by atoms with Crippen LogP contribution in [0, 0.1) is 0 Å². The van der Waals surface area contributed by atoms with Gasteiger partial charge in [0.1, 0.15) is 5.69 Å². The second-order valence-corrected chi connectivity index (χ2v) is 6.40. The lowest BCUT2D eigenvalue weighted by atomic mass is 9.91. The van der Waals surface area contributed by atoms with Gasteiger partial charge in [-0.1, -0.05) is 91.0 Å². The molecule has 0 saturated carbocycles. The highest BCUT2D eigenvalue weighted by atomic mass is 16.3. The van der Waals surface area contributed by atoms with Crippen LogP contribution in [0.3, 0.4) is 0 Å². The van der Waals surface area contributed by atoms with Gasteiger partial charge in [-0.2, -0.15) is 0 Å². The van der Waals surface area contributed by atoms with Gasteiger partial charge in [0, 0.05) is 23.2 Å². The molecule has 0 radical (unpaired) electrons. The number of aliphatic hydroxyl groups excluding tert-OH is 1. The summed E-state index contributed by atoms with van der Waals surface area (Å²) in [7, 11) is 0. The minimum Gasteiger partial charge on any atom is -0.395 e. The van der Waals surface area contributed by atoms with Crippen LogP contribution in [-0.4, -0.2) is 28.5 Å². The molecule has 4 heteroatoms. The molecule has 28 heavy (non-hydrogen) atoms. The Morgan fingerprint density at radius 1 is 0.607 bits per heavy atom. The fourth-order valence-electron chi connectivity index (χ4n) is 3.30. The van der Waals surface area contributed by atoms with E-state index in [9.17, 15) is 5.11 Å². The highest BCUT2D eigenvalue weighted by molar-refractivity contribution is 5.97. The third-order valence-electron chi connectivity index (χ3n) is 4.55. The van der Waals surface area contributed by atoms with Crippen molar-refractivity contribution in [3.05, 3.63) is 91.0 Å². The molecule has 0 amide bonds. The van der Waals surface area contributed by atoms with E-state index in [0.29, 0.717) is 12.4 Å². The molecule has 4 aromatic rings. The smallest absolute Gasteiger partial charge is 0.157 e. The summed E-state index contributed by atoms with van der Waals surface area (Å²) in [5.74, 6) is 0.666.